The number of aliphatic carboxylic acids is 1. The third kappa shape index (κ3) is 2.77. The Balaban J connectivity index is 3.22. The lowest BCUT2D eigenvalue weighted by Gasteiger charge is -2.19. The second-order valence-corrected chi connectivity index (χ2v) is 4.36. The Hall–Kier alpha value is -1.98. The van der Waals surface area contributed by atoms with Gasteiger partial charge in [0.2, 0.25) is 0 Å². The minimum absolute atomic E-state index is 0.176. The molecule has 0 saturated heterocycles. The summed E-state index contributed by atoms with van der Waals surface area (Å²) in [6, 6.07) is 3.47. The van der Waals surface area contributed by atoms with Gasteiger partial charge in [-0.3, -0.25) is 14.9 Å². The van der Waals surface area contributed by atoms with Crippen LogP contribution in [0.1, 0.15) is 19.4 Å². The third-order valence-corrected chi connectivity index (χ3v) is 2.49. The number of carboxylic acid groups (broad SMARTS) is 1. The molecular weight excluding hydrogens is 229 g/mol. The number of benzene rings is 1. The molecule has 0 aliphatic carbocycles. The molecule has 0 unspecified atom stereocenters. The number of carbonyl (C=O) groups is 1. The SMILES string of the molecule is CC(C)(Cc1c(F)cccc1[N+](=O)[O-])C(=O)O. The van der Waals surface area contributed by atoms with Crippen molar-refractivity contribution in [1.29, 1.82) is 0 Å². The van der Waals surface area contributed by atoms with Gasteiger partial charge < -0.3 is 5.11 Å². The second-order valence-electron chi connectivity index (χ2n) is 4.36. The Kier molecular flexibility index (Phi) is 3.45. The smallest absolute Gasteiger partial charge is 0.309 e. The lowest BCUT2D eigenvalue weighted by molar-refractivity contribution is -0.385. The van der Waals surface area contributed by atoms with Gasteiger partial charge in [-0.1, -0.05) is 6.07 Å². The molecule has 0 radical (unpaired) electrons. The molecule has 0 aromatic heterocycles. The van der Waals surface area contributed by atoms with Gasteiger partial charge in [0.05, 0.1) is 15.9 Å². The van der Waals surface area contributed by atoms with E-state index in [4.69, 9.17) is 5.11 Å². The largest absolute Gasteiger partial charge is 0.481 e. The van der Waals surface area contributed by atoms with E-state index in [1.54, 1.807) is 0 Å². The Morgan fingerprint density at radius 3 is 2.59 bits per heavy atom. The normalized spacial score (nSPS) is 11.2. The number of rotatable bonds is 4. The van der Waals surface area contributed by atoms with Crippen molar-refractivity contribution in [1.82, 2.24) is 0 Å². The molecule has 0 aliphatic heterocycles. The molecule has 1 rings (SSSR count). The maximum atomic E-state index is 13.5. The van der Waals surface area contributed by atoms with Crippen LogP contribution in [0.25, 0.3) is 0 Å². The summed E-state index contributed by atoms with van der Waals surface area (Å²) in [7, 11) is 0. The third-order valence-electron chi connectivity index (χ3n) is 2.49. The summed E-state index contributed by atoms with van der Waals surface area (Å²) in [5, 5.41) is 19.7. The lowest BCUT2D eigenvalue weighted by atomic mass is 9.85. The van der Waals surface area contributed by atoms with Crippen molar-refractivity contribution >= 4 is 11.7 Å². The highest BCUT2D eigenvalue weighted by Gasteiger charge is 2.32. The number of hydrogen-bond donors (Lipinski definition) is 1. The van der Waals surface area contributed by atoms with Gasteiger partial charge in [0.1, 0.15) is 5.82 Å². The van der Waals surface area contributed by atoms with Crippen LogP contribution in [-0.2, 0) is 11.2 Å². The molecule has 92 valence electrons. The molecule has 0 heterocycles. The summed E-state index contributed by atoms with van der Waals surface area (Å²) in [4.78, 5) is 20.9. The highest BCUT2D eigenvalue weighted by molar-refractivity contribution is 5.74. The van der Waals surface area contributed by atoms with Gasteiger partial charge in [-0.25, -0.2) is 4.39 Å². The zero-order chi connectivity index (χ0) is 13.2. The van der Waals surface area contributed by atoms with Crippen molar-refractivity contribution in [3.05, 3.63) is 39.7 Å². The summed E-state index contributed by atoms with van der Waals surface area (Å²) in [6.07, 6.45) is -0.231. The van der Waals surface area contributed by atoms with Crippen LogP contribution in [0.4, 0.5) is 10.1 Å². The van der Waals surface area contributed by atoms with E-state index in [2.05, 4.69) is 0 Å². The Morgan fingerprint density at radius 2 is 2.12 bits per heavy atom. The molecule has 6 heteroatoms. The summed E-state index contributed by atoms with van der Waals surface area (Å²) >= 11 is 0. The van der Waals surface area contributed by atoms with Crippen LogP contribution < -0.4 is 0 Å². The predicted molar refractivity (Wildman–Crippen MR) is 58.2 cm³/mol. The Bertz CT molecular complexity index is 471. The average Bonchev–Trinajstić information content (AvgIpc) is 2.20. The van der Waals surface area contributed by atoms with E-state index in [1.165, 1.54) is 19.9 Å². The van der Waals surface area contributed by atoms with Crippen molar-refractivity contribution in [2.75, 3.05) is 0 Å². The van der Waals surface area contributed by atoms with Gasteiger partial charge in [-0.05, 0) is 26.3 Å². The molecule has 1 aromatic carbocycles. The molecule has 0 bridgehead atoms. The van der Waals surface area contributed by atoms with Gasteiger partial charge >= 0.3 is 5.97 Å². The van der Waals surface area contributed by atoms with Crippen LogP contribution >= 0.6 is 0 Å². The van der Waals surface area contributed by atoms with Gasteiger partial charge in [0.25, 0.3) is 5.69 Å². The fourth-order valence-electron chi connectivity index (χ4n) is 1.41. The van der Waals surface area contributed by atoms with E-state index < -0.39 is 22.1 Å². The lowest BCUT2D eigenvalue weighted by Crippen LogP contribution is -2.27. The molecule has 0 saturated carbocycles. The van der Waals surface area contributed by atoms with Crippen LogP contribution in [0, 0.1) is 21.3 Å². The van der Waals surface area contributed by atoms with E-state index in [0.29, 0.717) is 0 Å². The first-order chi connectivity index (χ1) is 7.75. The fourth-order valence-corrected chi connectivity index (χ4v) is 1.41. The molecule has 0 fully saturated rings. The van der Waals surface area contributed by atoms with Crippen LogP contribution in [-0.4, -0.2) is 16.0 Å². The van der Waals surface area contributed by atoms with E-state index >= 15 is 0 Å². The molecule has 5 nitrogen and oxygen atoms in total. The summed E-state index contributed by atoms with van der Waals surface area (Å²) in [6.45, 7) is 2.79. The van der Waals surface area contributed by atoms with Gasteiger partial charge in [-0.15, -0.1) is 0 Å². The minimum atomic E-state index is -1.26. The predicted octanol–water partition coefficient (Wildman–Crippen LogP) is 2.39. The Morgan fingerprint density at radius 1 is 1.53 bits per heavy atom. The monoisotopic (exact) mass is 241 g/mol. The van der Waals surface area contributed by atoms with E-state index in [9.17, 15) is 19.3 Å². The molecular formula is C11H12FNO4. The first kappa shape index (κ1) is 13.1. The van der Waals surface area contributed by atoms with E-state index in [0.717, 1.165) is 12.1 Å². The van der Waals surface area contributed by atoms with Crippen LogP contribution in [0.2, 0.25) is 0 Å². The summed E-state index contributed by atoms with van der Waals surface area (Å²) < 4.78 is 13.5. The van der Waals surface area contributed by atoms with E-state index in [-0.39, 0.29) is 17.7 Å². The maximum absolute atomic E-state index is 13.5. The van der Waals surface area contributed by atoms with Crippen molar-refractivity contribution in [3.63, 3.8) is 0 Å². The summed E-state index contributed by atoms with van der Waals surface area (Å²) in [5.41, 5.74) is -1.82. The fraction of sp³-hybridized carbons (Fsp3) is 0.364. The van der Waals surface area contributed by atoms with Crippen molar-refractivity contribution < 1.29 is 19.2 Å². The van der Waals surface area contributed by atoms with Gasteiger partial charge in [-0.2, -0.15) is 0 Å². The highest BCUT2D eigenvalue weighted by atomic mass is 19.1. The second kappa shape index (κ2) is 4.48. The highest BCUT2D eigenvalue weighted by Crippen LogP contribution is 2.29. The minimum Gasteiger partial charge on any atom is -0.481 e. The first-order valence-corrected chi connectivity index (χ1v) is 4.91. The van der Waals surface area contributed by atoms with Gasteiger partial charge in [0.15, 0.2) is 0 Å². The van der Waals surface area contributed by atoms with Crippen LogP contribution in [0.15, 0.2) is 18.2 Å². The average molecular weight is 241 g/mol. The first-order valence-electron chi connectivity index (χ1n) is 4.91. The van der Waals surface area contributed by atoms with Crippen molar-refractivity contribution in [3.8, 4) is 0 Å². The molecule has 0 aliphatic rings. The number of nitro groups is 1. The zero-order valence-corrected chi connectivity index (χ0v) is 9.44. The topological polar surface area (TPSA) is 80.4 Å². The number of carboxylic acids is 1. The quantitative estimate of drug-likeness (QED) is 0.648. The number of nitro benzene ring substituents is 1. The van der Waals surface area contributed by atoms with E-state index in [1.807, 2.05) is 0 Å². The molecule has 0 amide bonds. The van der Waals surface area contributed by atoms with Crippen molar-refractivity contribution in [2.45, 2.75) is 20.3 Å². The number of nitrogens with zero attached hydrogens (tertiary/aromatic N) is 1. The molecule has 1 N–H and O–H groups in total. The molecule has 0 atom stereocenters. The number of halogens is 1. The molecule has 0 spiro atoms. The Labute approximate surface area is 97.0 Å². The van der Waals surface area contributed by atoms with Crippen molar-refractivity contribution in [2.24, 2.45) is 5.41 Å². The van der Waals surface area contributed by atoms with Gasteiger partial charge in [0, 0.05) is 6.07 Å². The molecule has 1 aromatic rings. The summed E-state index contributed by atoms with van der Waals surface area (Å²) in [5.74, 6) is -1.89. The number of hydrogen-bond acceptors (Lipinski definition) is 3. The molecule has 17 heavy (non-hydrogen) atoms. The van der Waals surface area contributed by atoms with Crippen LogP contribution in [0.3, 0.4) is 0 Å². The zero-order valence-electron chi connectivity index (χ0n) is 9.44. The standard InChI is InChI=1S/C11H12FNO4/c1-11(2,10(14)15)6-7-8(12)4-3-5-9(7)13(16)17/h3-5H,6H2,1-2H3,(H,14,15). The van der Waals surface area contributed by atoms with Crippen LogP contribution in [0.5, 0.6) is 0 Å². The maximum Gasteiger partial charge on any atom is 0.309 e.